The van der Waals surface area contributed by atoms with Gasteiger partial charge in [-0.25, -0.2) is 0 Å². The highest BCUT2D eigenvalue weighted by Crippen LogP contribution is 2.47. The fourth-order valence-corrected chi connectivity index (χ4v) is 2.34. The maximum atomic E-state index is 6.21. The molecule has 4 heteroatoms. The number of fused-ring (bicyclic) bond motifs is 1. The molecule has 1 saturated carbocycles. The van der Waals surface area contributed by atoms with E-state index >= 15 is 0 Å². The van der Waals surface area contributed by atoms with Crippen LogP contribution < -0.4 is 5.73 Å². The summed E-state index contributed by atoms with van der Waals surface area (Å²) in [7, 11) is 0. The Morgan fingerprint density at radius 3 is 3.15 bits per heavy atom. The molecule has 4 nitrogen and oxygen atoms in total. The summed E-state index contributed by atoms with van der Waals surface area (Å²) < 4.78 is 2.15. The summed E-state index contributed by atoms with van der Waals surface area (Å²) in [5.74, 6) is 1.58. The van der Waals surface area contributed by atoms with Gasteiger partial charge in [0.1, 0.15) is 12.2 Å². The first-order valence-electron chi connectivity index (χ1n) is 4.96. The fourth-order valence-electron chi connectivity index (χ4n) is 2.34. The smallest absolute Gasteiger partial charge is 0.137 e. The Kier molecular flexibility index (Phi) is 1.34. The lowest BCUT2D eigenvalue weighted by atomic mass is 9.89. The SMILES string of the molecule is NC1(C2CCCn3cnnc32)CC1. The Bertz CT molecular complexity index is 326. The summed E-state index contributed by atoms with van der Waals surface area (Å²) in [6.45, 7) is 1.06. The van der Waals surface area contributed by atoms with Gasteiger partial charge < -0.3 is 10.3 Å². The van der Waals surface area contributed by atoms with Crippen molar-refractivity contribution in [3.8, 4) is 0 Å². The Morgan fingerprint density at radius 2 is 2.38 bits per heavy atom. The van der Waals surface area contributed by atoms with Gasteiger partial charge in [-0.05, 0) is 25.7 Å². The van der Waals surface area contributed by atoms with E-state index in [9.17, 15) is 0 Å². The first-order valence-corrected chi connectivity index (χ1v) is 4.96. The number of aromatic nitrogens is 3. The predicted molar refractivity (Wildman–Crippen MR) is 48.1 cm³/mol. The molecule has 0 saturated heterocycles. The molecule has 1 atom stereocenters. The lowest BCUT2D eigenvalue weighted by Gasteiger charge is -2.27. The molecule has 1 fully saturated rings. The summed E-state index contributed by atoms with van der Waals surface area (Å²) >= 11 is 0. The third kappa shape index (κ3) is 1.01. The zero-order valence-electron chi connectivity index (χ0n) is 7.61. The average molecular weight is 178 g/mol. The highest BCUT2D eigenvalue weighted by molar-refractivity contribution is 5.17. The number of nitrogens with two attached hydrogens (primary N) is 1. The van der Waals surface area contributed by atoms with E-state index in [1.165, 1.54) is 12.8 Å². The second kappa shape index (κ2) is 2.32. The van der Waals surface area contributed by atoms with Crippen molar-refractivity contribution in [2.24, 2.45) is 5.73 Å². The fraction of sp³-hybridized carbons (Fsp3) is 0.778. The van der Waals surface area contributed by atoms with Crippen LogP contribution in [0.25, 0.3) is 0 Å². The molecule has 2 aliphatic rings. The molecule has 2 N–H and O–H groups in total. The number of rotatable bonds is 1. The summed E-state index contributed by atoms with van der Waals surface area (Å²) in [4.78, 5) is 0. The summed E-state index contributed by atoms with van der Waals surface area (Å²) in [6.07, 6.45) is 6.55. The first kappa shape index (κ1) is 7.50. The van der Waals surface area contributed by atoms with Gasteiger partial charge in [0.05, 0.1) is 0 Å². The molecule has 1 aliphatic heterocycles. The zero-order valence-corrected chi connectivity index (χ0v) is 7.61. The van der Waals surface area contributed by atoms with Crippen LogP contribution in [0, 0.1) is 0 Å². The van der Waals surface area contributed by atoms with Crippen LogP contribution in [0.3, 0.4) is 0 Å². The van der Waals surface area contributed by atoms with E-state index in [4.69, 9.17) is 5.73 Å². The number of hydrogen-bond donors (Lipinski definition) is 1. The maximum absolute atomic E-state index is 6.21. The maximum Gasteiger partial charge on any atom is 0.137 e. The van der Waals surface area contributed by atoms with Crippen LogP contribution in [-0.4, -0.2) is 20.3 Å². The largest absolute Gasteiger partial charge is 0.324 e. The second-order valence-electron chi connectivity index (χ2n) is 4.31. The molecule has 13 heavy (non-hydrogen) atoms. The van der Waals surface area contributed by atoms with Crippen LogP contribution >= 0.6 is 0 Å². The van der Waals surface area contributed by atoms with Crippen molar-refractivity contribution < 1.29 is 0 Å². The summed E-state index contributed by atoms with van der Waals surface area (Å²) in [5, 5.41) is 8.13. The van der Waals surface area contributed by atoms with E-state index in [1.54, 1.807) is 0 Å². The first-order chi connectivity index (χ1) is 6.30. The van der Waals surface area contributed by atoms with Gasteiger partial charge in [-0.2, -0.15) is 0 Å². The molecule has 0 bridgehead atoms. The Morgan fingerprint density at radius 1 is 1.54 bits per heavy atom. The number of hydrogen-bond acceptors (Lipinski definition) is 3. The monoisotopic (exact) mass is 178 g/mol. The lowest BCUT2D eigenvalue weighted by Crippen LogP contribution is -2.34. The van der Waals surface area contributed by atoms with Crippen molar-refractivity contribution in [3.63, 3.8) is 0 Å². The van der Waals surface area contributed by atoms with Gasteiger partial charge in [-0.15, -0.1) is 10.2 Å². The van der Waals surface area contributed by atoms with Crippen LogP contribution in [0.15, 0.2) is 6.33 Å². The van der Waals surface area contributed by atoms with Gasteiger partial charge in [-0.1, -0.05) is 0 Å². The highest BCUT2D eigenvalue weighted by atomic mass is 15.3. The van der Waals surface area contributed by atoms with Crippen molar-refractivity contribution in [1.29, 1.82) is 0 Å². The number of aryl methyl sites for hydroxylation is 1. The van der Waals surface area contributed by atoms with Crippen molar-refractivity contribution in [2.75, 3.05) is 0 Å². The van der Waals surface area contributed by atoms with E-state index in [0.717, 1.165) is 25.2 Å². The predicted octanol–water partition coefficient (Wildman–Crippen LogP) is 0.647. The molecule has 1 aliphatic carbocycles. The molecule has 1 unspecified atom stereocenters. The van der Waals surface area contributed by atoms with Gasteiger partial charge in [0.2, 0.25) is 0 Å². The van der Waals surface area contributed by atoms with E-state index in [-0.39, 0.29) is 5.54 Å². The van der Waals surface area contributed by atoms with Gasteiger partial charge in [-0.3, -0.25) is 0 Å². The zero-order chi connectivity index (χ0) is 8.89. The molecular formula is C9H14N4. The summed E-state index contributed by atoms with van der Waals surface area (Å²) in [6, 6.07) is 0. The lowest BCUT2D eigenvalue weighted by molar-refractivity contribution is 0.379. The van der Waals surface area contributed by atoms with E-state index < -0.39 is 0 Å². The van der Waals surface area contributed by atoms with E-state index in [0.29, 0.717) is 5.92 Å². The molecule has 0 amide bonds. The third-order valence-electron chi connectivity index (χ3n) is 3.37. The third-order valence-corrected chi connectivity index (χ3v) is 3.37. The Hall–Kier alpha value is -0.900. The topological polar surface area (TPSA) is 56.7 Å². The summed E-state index contributed by atoms with van der Waals surface area (Å²) in [5.41, 5.74) is 6.27. The van der Waals surface area contributed by atoms with Gasteiger partial charge in [0.25, 0.3) is 0 Å². The van der Waals surface area contributed by atoms with Crippen molar-refractivity contribution in [1.82, 2.24) is 14.8 Å². The quantitative estimate of drug-likeness (QED) is 0.686. The van der Waals surface area contributed by atoms with Crippen LogP contribution in [0.2, 0.25) is 0 Å². The van der Waals surface area contributed by atoms with Crippen LogP contribution in [-0.2, 0) is 6.54 Å². The van der Waals surface area contributed by atoms with Crippen molar-refractivity contribution in [2.45, 2.75) is 43.7 Å². The van der Waals surface area contributed by atoms with E-state index in [2.05, 4.69) is 14.8 Å². The minimum atomic E-state index is 0.0607. The number of nitrogens with zero attached hydrogens (tertiary/aromatic N) is 3. The van der Waals surface area contributed by atoms with E-state index in [1.807, 2.05) is 6.33 Å². The van der Waals surface area contributed by atoms with Crippen LogP contribution in [0.1, 0.15) is 37.4 Å². The molecule has 1 aromatic heterocycles. The molecule has 3 rings (SSSR count). The molecular weight excluding hydrogens is 164 g/mol. The van der Waals surface area contributed by atoms with Gasteiger partial charge in [0, 0.05) is 18.0 Å². The molecule has 0 spiro atoms. The molecule has 0 radical (unpaired) electrons. The van der Waals surface area contributed by atoms with Crippen molar-refractivity contribution in [3.05, 3.63) is 12.2 Å². The second-order valence-corrected chi connectivity index (χ2v) is 4.31. The Balaban J connectivity index is 2.00. The van der Waals surface area contributed by atoms with Crippen molar-refractivity contribution >= 4 is 0 Å². The average Bonchev–Trinajstić information content (AvgIpc) is 2.72. The standard InChI is InChI=1S/C9H14N4/c10-9(3-4-9)7-2-1-5-13-6-11-12-8(7)13/h6-7H,1-5,10H2. The normalized spacial score (nSPS) is 29.8. The highest BCUT2D eigenvalue weighted by Gasteiger charge is 2.48. The minimum Gasteiger partial charge on any atom is -0.324 e. The van der Waals surface area contributed by atoms with Crippen LogP contribution in [0.4, 0.5) is 0 Å². The molecule has 0 aromatic carbocycles. The van der Waals surface area contributed by atoms with Gasteiger partial charge >= 0.3 is 0 Å². The van der Waals surface area contributed by atoms with Gasteiger partial charge in [0.15, 0.2) is 0 Å². The van der Waals surface area contributed by atoms with Crippen LogP contribution in [0.5, 0.6) is 0 Å². The molecule has 2 heterocycles. The molecule has 70 valence electrons. The minimum absolute atomic E-state index is 0.0607. The molecule has 1 aromatic rings. The Labute approximate surface area is 77.1 Å².